The van der Waals surface area contributed by atoms with E-state index in [0.29, 0.717) is 5.56 Å². The molecule has 21 heavy (non-hydrogen) atoms. The van der Waals surface area contributed by atoms with Crippen molar-refractivity contribution in [2.75, 3.05) is 6.61 Å². The SMILES string of the molecule is O=C(Cc1ccc(F)c(F)c1)NC(CO)c1ccccc1. The first-order chi connectivity index (χ1) is 10.1. The number of carbonyl (C=O) groups is 1. The van der Waals surface area contributed by atoms with E-state index in [0.717, 1.165) is 17.7 Å². The second-order valence-electron chi connectivity index (χ2n) is 4.64. The Morgan fingerprint density at radius 2 is 1.81 bits per heavy atom. The highest BCUT2D eigenvalue weighted by atomic mass is 19.2. The van der Waals surface area contributed by atoms with Gasteiger partial charge in [-0.15, -0.1) is 0 Å². The van der Waals surface area contributed by atoms with Gasteiger partial charge in [0.2, 0.25) is 5.91 Å². The molecular weight excluding hydrogens is 276 g/mol. The Labute approximate surface area is 121 Å². The van der Waals surface area contributed by atoms with Gasteiger partial charge < -0.3 is 10.4 Å². The summed E-state index contributed by atoms with van der Waals surface area (Å²) in [6.45, 7) is -0.243. The third kappa shape index (κ3) is 4.10. The summed E-state index contributed by atoms with van der Waals surface area (Å²) in [7, 11) is 0. The highest BCUT2D eigenvalue weighted by Gasteiger charge is 2.14. The lowest BCUT2D eigenvalue weighted by Crippen LogP contribution is -2.31. The first kappa shape index (κ1) is 15.1. The fraction of sp³-hybridized carbons (Fsp3) is 0.188. The number of rotatable bonds is 5. The van der Waals surface area contributed by atoms with E-state index in [1.807, 2.05) is 6.07 Å². The van der Waals surface area contributed by atoms with Gasteiger partial charge in [0, 0.05) is 0 Å². The minimum atomic E-state index is -0.984. The van der Waals surface area contributed by atoms with Gasteiger partial charge in [-0.25, -0.2) is 8.78 Å². The van der Waals surface area contributed by atoms with E-state index in [9.17, 15) is 18.7 Å². The van der Waals surface area contributed by atoms with Crippen LogP contribution in [0.25, 0.3) is 0 Å². The monoisotopic (exact) mass is 291 g/mol. The molecule has 0 aromatic heterocycles. The highest BCUT2D eigenvalue weighted by Crippen LogP contribution is 2.13. The standard InChI is InChI=1S/C16H15F2NO2/c17-13-7-6-11(8-14(13)18)9-16(21)19-15(10-20)12-4-2-1-3-5-12/h1-8,15,20H,9-10H2,(H,19,21). The molecule has 110 valence electrons. The number of halogens is 2. The number of nitrogens with one attached hydrogen (secondary N) is 1. The number of carbonyl (C=O) groups excluding carboxylic acids is 1. The normalized spacial score (nSPS) is 12.0. The molecule has 2 aromatic carbocycles. The van der Waals surface area contributed by atoms with Gasteiger partial charge in [-0.2, -0.15) is 0 Å². The Morgan fingerprint density at radius 1 is 1.10 bits per heavy atom. The zero-order valence-electron chi connectivity index (χ0n) is 11.2. The largest absolute Gasteiger partial charge is 0.394 e. The van der Waals surface area contributed by atoms with Crippen LogP contribution in [0.15, 0.2) is 48.5 Å². The maximum atomic E-state index is 13.1. The summed E-state index contributed by atoms with van der Waals surface area (Å²) in [5, 5.41) is 12.0. The second-order valence-corrected chi connectivity index (χ2v) is 4.64. The average Bonchev–Trinajstić information content (AvgIpc) is 2.49. The molecule has 0 saturated carbocycles. The van der Waals surface area contributed by atoms with E-state index in [2.05, 4.69) is 5.32 Å². The molecule has 0 aliphatic heterocycles. The molecule has 2 aromatic rings. The summed E-state index contributed by atoms with van der Waals surface area (Å²) in [5.74, 6) is -2.30. The van der Waals surface area contributed by atoms with E-state index in [1.165, 1.54) is 6.07 Å². The minimum absolute atomic E-state index is 0.0828. The molecule has 0 fully saturated rings. The molecule has 0 radical (unpaired) electrons. The first-order valence-corrected chi connectivity index (χ1v) is 6.49. The topological polar surface area (TPSA) is 49.3 Å². The lowest BCUT2D eigenvalue weighted by molar-refractivity contribution is -0.121. The van der Waals surface area contributed by atoms with Gasteiger partial charge in [-0.1, -0.05) is 36.4 Å². The maximum absolute atomic E-state index is 13.1. The van der Waals surface area contributed by atoms with Crippen molar-refractivity contribution in [1.82, 2.24) is 5.32 Å². The van der Waals surface area contributed by atoms with E-state index >= 15 is 0 Å². The van der Waals surface area contributed by atoms with Gasteiger partial charge >= 0.3 is 0 Å². The van der Waals surface area contributed by atoms with Crippen molar-refractivity contribution in [3.63, 3.8) is 0 Å². The Bertz CT molecular complexity index is 617. The van der Waals surface area contributed by atoms with E-state index in [4.69, 9.17) is 0 Å². The van der Waals surface area contributed by atoms with Crippen LogP contribution in [0.5, 0.6) is 0 Å². The van der Waals surface area contributed by atoms with Crippen LogP contribution in [0.2, 0.25) is 0 Å². The number of amides is 1. The number of benzene rings is 2. The van der Waals surface area contributed by atoms with Crippen LogP contribution in [0.3, 0.4) is 0 Å². The van der Waals surface area contributed by atoms with Crippen LogP contribution >= 0.6 is 0 Å². The fourth-order valence-electron chi connectivity index (χ4n) is 2.00. The fourth-order valence-corrected chi connectivity index (χ4v) is 2.00. The van der Waals surface area contributed by atoms with Crippen molar-refractivity contribution in [3.05, 3.63) is 71.3 Å². The third-order valence-electron chi connectivity index (χ3n) is 3.07. The van der Waals surface area contributed by atoms with Crippen LogP contribution in [-0.4, -0.2) is 17.6 Å². The first-order valence-electron chi connectivity index (χ1n) is 6.49. The Kier molecular flexibility index (Phi) is 5.00. The van der Waals surface area contributed by atoms with Crippen LogP contribution < -0.4 is 5.32 Å². The molecule has 2 N–H and O–H groups in total. The predicted molar refractivity (Wildman–Crippen MR) is 74.5 cm³/mol. The summed E-state index contributed by atoms with van der Waals surface area (Å²) in [6, 6.07) is 11.8. The van der Waals surface area contributed by atoms with Gasteiger partial charge in [0.1, 0.15) is 0 Å². The summed E-state index contributed by atoms with van der Waals surface area (Å²) >= 11 is 0. The Morgan fingerprint density at radius 3 is 2.43 bits per heavy atom. The molecule has 1 atom stereocenters. The molecule has 1 unspecified atom stereocenters. The number of aliphatic hydroxyl groups is 1. The quantitative estimate of drug-likeness (QED) is 0.888. The number of hydrogen-bond acceptors (Lipinski definition) is 2. The second kappa shape index (κ2) is 6.95. The summed E-state index contributed by atoms with van der Waals surface area (Å²) in [4.78, 5) is 11.9. The van der Waals surface area contributed by atoms with Crippen molar-refractivity contribution >= 4 is 5.91 Å². The van der Waals surface area contributed by atoms with E-state index < -0.39 is 17.7 Å². The van der Waals surface area contributed by atoms with Crippen molar-refractivity contribution in [1.29, 1.82) is 0 Å². The zero-order chi connectivity index (χ0) is 15.2. The van der Waals surface area contributed by atoms with Crippen LogP contribution in [0.4, 0.5) is 8.78 Å². The van der Waals surface area contributed by atoms with Gasteiger partial charge in [0.15, 0.2) is 11.6 Å². The zero-order valence-corrected chi connectivity index (χ0v) is 11.2. The average molecular weight is 291 g/mol. The highest BCUT2D eigenvalue weighted by molar-refractivity contribution is 5.79. The van der Waals surface area contributed by atoms with Crippen LogP contribution in [0.1, 0.15) is 17.2 Å². The van der Waals surface area contributed by atoms with Crippen LogP contribution in [0, 0.1) is 11.6 Å². The van der Waals surface area contributed by atoms with Gasteiger partial charge in [-0.3, -0.25) is 4.79 Å². The molecule has 0 spiro atoms. The minimum Gasteiger partial charge on any atom is -0.394 e. The predicted octanol–water partition coefficient (Wildman–Crippen LogP) is 2.36. The van der Waals surface area contributed by atoms with E-state index in [-0.39, 0.29) is 18.9 Å². The van der Waals surface area contributed by atoms with Crippen molar-refractivity contribution < 1.29 is 18.7 Å². The van der Waals surface area contributed by atoms with E-state index in [1.54, 1.807) is 24.3 Å². The molecular formula is C16H15F2NO2. The Balaban J connectivity index is 2.01. The van der Waals surface area contributed by atoms with Gasteiger partial charge in [0.05, 0.1) is 19.1 Å². The lowest BCUT2D eigenvalue weighted by atomic mass is 10.1. The molecule has 3 nitrogen and oxygen atoms in total. The third-order valence-corrected chi connectivity index (χ3v) is 3.07. The smallest absolute Gasteiger partial charge is 0.224 e. The number of hydrogen-bond donors (Lipinski definition) is 2. The maximum Gasteiger partial charge on any atom is 0.224 e. The molecule has 0 heterocycles. The Hall–Kier alpha value is -2.27. The molecule has 5 heteroatoms. The summed E-state index contributed by atoms with van der Waals surface area (Å²) in [5.41, 5.74) is 1.15. The molecule has 0 aliphatic rings. The lowest BCUT2D eigenvalue weighted by Gasteiger charge is -2.16. The molecule has 1 amide bonds. The van der Waals surface area contributed by atoms with Crippen LogP contribution in [-0.2, 0) is 11.2 Å². The summed E-state index contributed by atoms with van der Waals surface area (Å²) in [6.07, 6.45) is -0.0828. The molecule has 0 saturated heterocycles. The van der Waals surface area contributed by atoms with Crippen molar-refractivity contribution in [2.24, 2.45) is 0 Å². The molecule has 2 rings (SSSR count). The van der Waals surface area contributed by atoms with Gasteiger partial charge in [0.25, 0.3) is 0 Å². The number of aliphatic hydroxyl groups excluding tert-OH is 1. The summed E-state index contributed by atoms with van der Waals surface area (Å²) < 4.78 is 25.9. The van der Waals surface area contributed by atoms with Crippen molar-refractivity contribution in [2.45, 2.75) is 12.5 Å². The molecule has 0 aliphatic carbocycles. The van der Waals surface area contributed by atoms with Gasteiger partial charge in [-0.05, 0) is 23.3 Å². The van der Waals surface area contributed by atoms with Crippen molar-refractivity contribution in [3.8, 4) is 0 Å². The molecule has 0 bridgehead atoms.